The molecule has 1 aliphatic rings. The third-order valence-corrected chi connectivity index (χ3v) is 8.20. The number of hydrogen-bond donors (Lipinski definition) is 1. The summed E-state index contributed by atoms with van der Waals surface area (Å²) in [4.78, 5) is 14.7. The molecule has 1 N–H and O–H groups in total. The molecule has 1 aliphatic heterocycles. The summed E-state index contributed by atoms with van der Waals surface area (Å²) in [5, 5.41) is 7.18. The van der Waals surface area contributed by atoms with Crippen LogP contribution in [0.3, 0.4) is 0 Å². The average molecular weight is 565 g/mol. The fourth-order valence-corrected chi connectivity index (χ4v) is 6.06. The molecule has 1 unspecified atom stereocenters. The first-order chi connectivity index (χ1) is 21.8. The van der Waals surface area contributed by atoms with Gasteiger partial charge in [-0.2, -0.15) is 0 Å². The molecule has 0 amide bonds. The molecule has 44 heavy (non-hydrogen) atoms. The minimum absolute atomic E-state index is 0.263. The summed E-state index contributed by atoms with van der Waals surface area (Å²) in [5.74, 6) is 1.52. The van der Waals surface area contributed by atoms with E-state index in [1.54, 1.807) is 0 Å². The summed E-state index contributed by atoms with van der Waals surface area (Å²) in [6, 6.07) is 52.8. The number of hydrogen-bond acceptors (Lipinski definition) is 4. The zero-order chi connectivity index (χ0) is 29.3. The van der Waals surface area contributed by atoms with Crippen LogP contribution in [0.2, 0.25) is 0 Å². The van der Waals surface area contributed by atoms with Gasteiger partial charge in [0.2, 0.25) is 0 Å². The molecule has 4 heteroatoms. The molecule has 7 aromatic rings. The van der Waals surface area contributed by atoms with Gasteiger partial charge in [0.25, 0.3) is 0 Å². The van der Waals surface area contributed by atoms with Gasteiger partial charge in [-0.3, -0.25) is 4.98 Å². The molecule has 2 heterocycles. The second kappa shape index (κ2) is 11.1. The van der Waals surface area contributed by atoms with Crippen molar-refractivity contribution < 1.29 is 0 Å². The number of pyridine rings is 1. The Bertz CT molecular complexity index is 2180. The van der Waals surface area contributed by atoms with Crippen LogP contribution in [0.5, 0.6) is 0 Å². The maximum Gasteiger partial charge on any atom is 0.159 e. The summed E-state index contributed by atoms with van der Waals surface area (Å²) in [6.07, 6.45) is 1.58. The lowest BCUT2D eigenvalue weighted by molar-refractivity contribution is 0.674. The minimum Gasteiger partial charge on any atom is -0.344 e. The highest BCUT2D eigenvalue weighted by molar-refractivity contribution is 6.18. The smallest absolute Gasteiger partial charge is 0.159 e. The van der Waals surface area contributed by atoms with E-state index in [0.29, 0.717) is 5.84 Å². The monoisotopic (exact) mass is 564 g/mol. The van der Waals surface area contributed by atoms with Gasteiger partial charge in [-0.15, -0.1) is 0 Å². The highest BCUT2D eigenvalue weighted by Gasteiger charge is 2.24. The van der Waals surface area contributed by atoms with Gasteiger partial charge in [-0.25, -0.2) is 9.98 Å². The molecular weight excluding hydrogens is 536 g/mol. The lowest BCUT2D eigenvalue weighted by Crippen LogP contribution is -2.34. The third kappa shape index (κ3) is 4.73. The van der Waals surface area contributed by atoms with Crippen molar-refractivity contribution >= 4 is 33.3 Å². The average Bonchev–Trinajstić information content (AvgIpc) is 3.11. The molecule has 0 saturated heterocycles. The van der Waals surface area contributed by atoms with Crippen LogP contribution in [0.25, 0.3) is 43.9 Å². The fraction of sp³-hybridized carbons (Fsp3) is 0.0250. The standard InChI is InChI=1S/C40H28N4/c1-3-12-30(13-4-1)38-42-39(31-14-5-2-6-15-31)44-40(43-38)35-25-24-27-11-7-8-16-33(27)37(35)29-22-20-28(21-23-29)32-17-9-19-36-34(32)18-10-26-41-36/h1-26,38H,(H,42,43,44). The van der Waals surface area contributed by atoms with Gasteiger partial charge in [0.1, 0.15) is 12.0 Å². The van der Waals surface area contributed by atoms with E-state index >= 15 is 0 Å². The van der Waals surface area contributed by atoms with E-state index in [4.69, 9.17) is 9.98 Å². The molecule has 1 atom stereocenters. The molecule has 0 bridgehead atoms. The van der Waals surface area contributed by atoms with Crippen molar-refractivity contribution in [1.82, 2.24) is 10.3 Å². The predicted octanol–water partition coefficient (Wildman–Crippen LogP) is 9.22. The Labute approximate surface area is 256 Å². The predicted molar refractivity (Wildman–Crippen MR) is 182 cm³/mol. The lowest BCUT2D eigenvalue weighted by atomic mass is 9.91. The number of aromatic nitrogens is 1. The van der Waals surface area contributed by atoms with E-state index in [-0.39, 0.29) is 6.17 Å². The van der Waals surface area contributed by atoms with Crippen LogP contribution >= 0.6 is 0 Å². The van der Waals surface area contributed by atoms with Crippen molar-refractivity contribution in [3.63, 3.8) is 0 Å². The second-order valence-corrected chi connectivity index (χ2v) is 10.9. The number of nitrogens with zero attached hydrogens (tertiary/aromatic N) is 3. The van der Waals surface area contributed by atoms with Gasteiger partial charge >= 0.3 is 0 Å². The van der Waals surface area contributed by atoms with Crippen molar-refractivity contribution in [3.8, 4) is 22.3 Å². The summed E-state index contributed by atoms with van der Waals surface area (Å²) in [6.45, 7) is 0. The fourth-order valence-electron chi connectivity index (χ4n) is 6.06. The van der Waals surface area contributed by atoms with Crippen LogP contribution in [0, 0.1) is 0 Å². The molecule has 4 nitrogen and oxygen atoms in total. The largest absolute Gasteiger partial charge is 0.344 e. The number of benzene rings is 6. The van der Waals surface area contributed by atoms with Crippen LogP contribution in [-0.2, 0) is 0 Å². The molecule has 1 aromatic heterocycles. The second-order valence-electron chi connectivity index (χ2n) is 10.9. The summed E-state index contributed by atoms with van der Waals surface area (Å²) >= 11 is 0. The van der Waals surface area contributed by atoms with Gasteiger partial charge in [0, 0.05) is 28.3 Å². The molecule has 0 aliphatic carbocycles. The molecule has 8 rings (SSSR count). The Morgan fingerprint density at radius 2 is 1.23 bits per heavy atom. The number of nitrogens with one attached hydrogen (secondary N) is 1. The Morgan fingerprint density at radius 3 is 2.07 bits per heavy atom. The van der Waals surface area contributed by atoms with Crippen molar-refractivity contribution in [2.24, 2.45) is 9.98 Å². The van der Waals surface area contributed by atoms with Crippen LogP contribution in [0.4, 0.5) is 0 Å². The normalized spacial score (nSPS) is 14.6. The maximum atomic E-state index is 5.14. The van der Waals surface area contributed by atoms with Crippen LogP contribution < -0.4 is 5.32 Å². The van der Waals surface area contributed by atoms with Crippen LogP contribution in [0.15, 0.2) is 168 Å². The number of rotatable bonds is 5. The minimum atomic E-state index is -0.263. The van der Waals surface area contributed by atoms with Crippen LogP contribution in [-0.4, -0.2) is 16.7 Å². The van der Waals surface area contributed by atoms with E-state index in [1.807, 2.05) is 36.5 Å². The van der Waals surface area contributed by atoms with E-state index in [9.17, 15) is 0 Å². The van der Waals surface area contributed by atoms with Gasteiger partial charge in [0.15, 0.2) is 5.84 Å². The molecule has 0 spiro atoms. The summed E-state index contributed by atoms with van der Waals surface area (Å²) in [5.41, 5.74) is 8.71. The first-order valence-corrected chi connectivity index (χ1v) is 14.8. The van der Waals surface area contributed by atoms with Gasteiger partial charge < -0.3 is 5.32 Å². The topological polar surface area (TPSA) is 49.6 Å². The van der Waals surface area contributed by atoms with Crippen molar-refractivity contribution in [2.45, 2.75) is 6.17 Å². The lowest BCUT2D eigenvalue weighted by Gasteiger charge is -2.25. The van der Waals surface area contributed by atoms with E-state index in [1.165, 1.54) is 16.3 Å². The first-order valence-electron chi connectivity index (χ1n) is 14.8. The quantitative estimate of drug-likeness (QED) is 0.227. The third-order valence-electron chi connectivity index (χ3n) is 8.20. The first kappa shape index (κ1) is 25.8. The van der Waals surface area contributed by atoms with E-state index in [2.05, 4.69) is 132 Å². The summed E-state index contributed by atoms with van der Waals surface area (Å²) < 4.78 is 0. The van der Waals surface area contributed by atoms with Gasteiger partial charge in [-0.05, 0) is 45.2 Å². The van der Waals surface area contributed by atoms with E-state index < -0.39 is 0 Å². The molecule has 0 radical (unpaired) electrons. The molecule has 208 valence electrons. The molecule has 0 fully saturated rings. The Balaban J connectivity index is 1.28. The Hall–Kier alpha value is -5.87. The van der Waals surface area contributed by atoms with E-state index in [0.717, 1.165) is 50.1 Å². The summed E-state index contributed by atoms with van der Waals surface area (Å²) in [7, 11) is 0. The highest BCUT2D eigenvalue weighted by Crippen LogP contribution is 2.36. The number of aliphatic imine (C=N–C) groups is 2. The SMILES string of the molecule is c1ccc(C2=NC(c3ccccc3)NC(c3ccc4ccccc4c3-c3ccc(-c4cccc5ncccc45)cc3)=N2)cc1. The van der Waals surface area contributed by atoms with Crippen LogP contribution in [0.1, 0.15) is 22.9 Å². The van der Waals surface area contributed by atoms with Crippen molar-refractivity contribution in [3.05, 3.63) is 175 Å². The Kier molecular flexibility index (Phi) is 6.50. The maximum absolute atomic E-state index is 5.14. The number of amidine groups is 2. The number of fused-ring (bicyclic) bond motifs is 2. The Morgan fingerprint density at radius 1 is 0.500 bits per heavy atom. The van der Waals surface area contributed by atoms with Crippen molar-refractivity contribution in [1.29, 1.82) is 0 Å². The zero-order valence-corrected chi connectivity index (χ0v) is 23.9. The van der Waals surface area contributed by atoms with Gasteiger partial charge in [-0.1, -0.05) is 140 Å². The van der Waals surface area contributed by atoms with Crippen molar-refractivity contribution in [2.75, 3.05) is 0 Å². The molecule has 0 saturated carbocycles. The zero-order valence-electron chi connectivity index (χ0n) is 23.9. The highest BCUT2D eigenvalue weighted by atomic mass is 15.2. The van der Waals surface area contributed by atoms with Gasteiger partial charge in [0.05, 0.1) is 5.52 Å². The molecule has 6 aromatic carbocycles. The molecular formula is C40H28N4.